The Bertz CT molecular complexity index is 862. The van der Waals surface area contributed by atoms with Gasteiger partial charge < -0.3 is 9.73 Å². The standard InChI is InChI=1S/C17H17N3O3/c1-2-13-10-16(21)20(11-19-13)8-7-18-17(22)15-9-12-5-3-4-6-14(12)23-15/h3-6,9-11H,2,7-8H2,1H3,(H,18,22). The summed E-state index contributed by atoms with van der Waals surface area (Å²) >= 11 is 0. The van der Waals surface area contributed by atoms with E-state index in [2.05, 4.69) is 10.3 Å². The molecule has 0 aliphatic rings. The number of aromatic nitrogens is 2. The molecule has 3 rings (SSSR count). The fourth-order valence-corrected chi connectivity index (χ4v) is 2.30. The van der Waals surface area contributed by atoms with Gasteiger partial charge in [-0.2, -0.15) is 0 Å². The number of hydrogen-bond acceptors (Lipinski definition) is 4. The highest BCUT2D eigenvalue weighted by atomic mass is 16.3. The monoisotopic (exact) mass is 311 g/mol. The number of hydrogen-bond donors (Lipinski definition) is 1. The van der Waals surface area contributed by atoms with Crippen LogP contribution in [0.15, 0.2) is 51.9 Å². The zero-order valence-electron chi connectivity index (χ0n) is 12.8. The zero-order valence-corrected chi connectivity index (χ0v) is 12.8. The van der Waals surface area contributed by atoms with Gasteiger partial charge in [0.1, 0.15) is 5.58 Å². The molecule has 2 aromatic heterocycles. The van der Waals surface area contributed by atoms with E-state index in [0.29, 0.717) is 18.7 Å². The van der Waals surface area contributed by atoms with E-state index in [9.17, 15) is 9.59 Å². The van der Waals surface area contributed by atoms with E-state index in [-0.39, 0.29) is 17.2 Å². The van der Waals surface area contributed by atoms with Crippen molar-refractivity contribution >= 4 is 16.9 Å². The Morgan fingerprint density at radius 3 is 2.87 bits per heavy atom. The third-order valence-electron chi connectivity index (χ3n) is 3.59. The van der Waals surface area contributed by atoms with Crippen LogP contribution in [0.4, 0.5) is 0 Å². The maximum absolute atomic E-state index is 12.1. The number of amides is 1. The number of rotatable bonds is 5. The minimum atomic E-state index is -0.299. The molecule has 0 aliphatic carbocycles. The molecule has 0 unspecified atom stereocenters. The fourth-order valence-electron chi connectivity index (χ4n) is 2.30. The number of nitrogens with zero attached hydrogens (tertiary/aromatic N) is 2. The van der Waals surface area contributed by atoms with Crippen LogP contribution in [0.3, 0.4) is 0 Å². The van der Waals surface area contributed by atoms with Crippen molar-refractivity contribution in [2.75, 3.05) is 6.54 Å². The van der Waals surface area contributed by atoms with E-state index in [1.807, 2.05) is 31.2 Å². The summed E-state index contributed by atoms with van der Waals surface area (Å²) in [5.41, 5.74) is 1.32. The molecule has 6 heteroatoms. The molecule has 118 valence electrons. The molecule has 0 saturated heterocycles. The summed E-state index contributed by atoms with van der Waals surface area (Å²) in [5, 5.41) is 3.63. The molecule has 2 heterocycles. The predicted molar refractivity (Wildman–Crippen MR) is 86.4 cm³/mol. The molecule has 0 radical (unpaired) electrons. The van der Waals surface area contributed by atoms with Crippen molar-refractivity contribution in [3.63, 3.8) is 0 Å². The average Bonchev–Trinajstić information content (AvgIpc) is 3.00. The van der Waals surface area contributed by atoms with Gasteiger partial charge in [0.05, 0.1) is 6.33 Å². The first kappa shape index (κ1) is 15.0. The number of carbonyl (C=O) groups excluding carboxylic acids is 1. The van der Waals surface area contributed by atoms with Gasteiger partial charge in [0.15, 0.2) is 5.76 Å². The lowest BCUT2D eigenvalue weighted by Gasteiger charge is -2.06. The first-order chi connectivity index (χ1) is 11.2. The zero-order chi connectivity index (χ0) is 16.2. The van der Waals surface area contributed by atoms with Crippen molar-refractivity contribution in [1.29, 1.82) is 0 Å². The molecule has 0 bridgehead atoms. The van der Waals surface area contributed by atoms with Crippen molar-refractivity contribution < 1.29 is 9.21 Å². The van der Waals surface area contributed by atoms with Crippen molar-refractivity contribution in [1.82, 2.24) is 14.9 Å². The molecule has 1 N–H and O–H groups in total. The Labute approximate surface area is 132 Å². The Hall–Kier alpha value is -2.89. The van der Waals surface area contributed by atoms with E-state index < -0.39 is 0 Å². The smallest absolute Gasteiger partial charge is 0.287 e. The Morgan fingerprint density at radius 1 is 1.30 bits per heavy atom. The van der Waals surface area contributed by atoms with Crippen LogP contribution in [-0.2, 0) is 13.0 Å². The van der Waals surface area contributed by atoms with Gasteiger partial charge >= 0.3 is 0 Å². The maximum Gasteiger partial charge on any atom is 0.287 e. The minimum absolute atomic E-state index is 0.116. The summed E-state index contributed by atoms with van der Waals surface area (Å²) < 4.78 is 6.96. The number of para-hydroxylation sites is 1. The number of fused-ring (bicyclic) bond motifs is 1. The second kappa shape index (κ2) is 6.48. The van der Waals surface area contributed by atoms with Crippen molar-refractivity contribution in [3.8, 4) is 0 Å². The third kappa shape index (κ3) is 3.31. The van der Waals surface area contributed by atoms with Crippen molar-refractivity contribution in [2.24, 2.45) is 0 Å². The summed E-state index contributed by atoms with van der Waals surface area (Å²) in [4.78, 5) is 28.1. The molecule has 0 saturated carbocycles. The van der Waals surface area contributed by atoms with Crippen LogP contribution in [0.2, 0.25) is 0 Å². The number of benzene rings is 1. The van der Waals surface area contributed by atoms with Crippen LogP contribution in [0.1, 0.15) is 23.2 Å². The molecule has 0 fully saturated rings. The van der Waals surface area contributed by atoms with Crippen LogP contribution in [0.5, 0.6) is 0 Å². The van der Waals surface area contributed by atoms with Crippen LogP contribution < -0.4 is 10.9 Å². The average molecular weight is 311 g/mol. The highest BCUT2D eigenvalue weighted by molar-refractivity contribution is 5.95. The Balaban J connectivity index is 1.62. The van der Waals surface area contributed by atoms with Crippen LogP contribution in [-0.4, -0.2) is 22.0 Å². The molecule has 0 atom stereocenters. The molecule has 6 nitrogen and oxygen atoms in total. The quantitative estimate of drug-likeness (QED) is 0.781. The SMILES string of the molecule is CCc1cc(=O)n(CCNC(=O)c2cc3ccccc3o2)cn1. The van der Waals surface area contributed by atoms with Crippen LogP contribution in [0, 0.1) is 0 Å². The lowest BCUT2D eigenvalue weighted by molar-refractivity contribution is 0.0926. The fraction of sp³-hybridized carbons (Fsp3) is 0.235. The Morgan fingerprint density at radius 2 is 2.13 bits per heavy atom. The summed E-state index contributed by atoms with van der Waals surface area (Å²) in [6, 6.07) is 10.7. The number of nitrogens with one attached hydrogen (secondary N) is 1. The van der Waals surface area contributed by atoms with Crippen molar-refractivity contribution in [3.05, 3.63) is 64.5 Å². The van der Waals surface area contributed by atoms with Crippen LogP contribution in [0.25, 0.3) is 11.0 Å². The maximum atomic E-state index is 12.1. The first-order valence-electron chi connectivity index (χ1n) is 7.49. The first-order valence-corrected chi connectivity index (χ1v) is 7.49. The van der Waals surface area contributed by atoms with Gasteiger partial charge in [-0.15, -0.1) is 0 Å². The lowest BCUT2D eigenvalue weighted by atomic mass is 10.2. The van der Waals surface area contributed by atoms with Gasteiger partial charge in [0, 0.05) is 30.2 Å². The highest BCUT2D eigenvalue weighted by Crippen LogP contribution is 2.18. The van der Waals surface area contributed by atoms with Gasteiger partial charge in [-0.1, -0.05) is 25.1 Å². The number of furan rings is 1. The summed E-state index contributed by atoms with van der Waals surface area (Å²) in [6.45, 7) is 2.63. The van der Waals surface area contributed by atoms with E-state index in [0.717, 1.165) is 17.5 Å². The third-order valence-corrected chi connectivity index (χ3v) is 3.59. The van der Waals surface area contributed by atoms with E-state index >= 15 is 0 Å². The Kier molecular flexibility index (Phi) is 4.23. The number of carbonyl (C=O) groups is 1. The molecule has 0 aliphatic heterocycles. The molecule has 3 aromatic rings. The minimum Gasteiger partial charge on any atom is -0.451 e. The summed E-state index contributed by atoms with van der Waals surface area (Å²) in [6.07, 6.45) is 2.23. The van der Waals surface area contributed by atoms with Gasteiger partial charge in [0.25, 0.3) is 11.5 Å². The predicted octanol–water partition coefficient (Wildman–Crippen LogP) is 1.98. The second-order valence-electron chi connectivity index (χ2n) is 5.17. The van der Waals surface area contributed by atoms with Gasteiger partial charge in [-0.05, 0) is 18.6 Å². The summed E-state index contributed by atoms with van der Waals surface area (Å²) in [5.74, 6) is -0.0367. The van der Waals surface area contributed by atoms with Crippen LogP contribution >= 0.6 is 0 Å². The van der Waals surface area contributed by atoms with E-state index in [1.165, 1.54) is 17.0 Å². The lowest BCUT2D eigenvalue weighted by Crippen LogP contribution is -2.30. The number of aryl methyl sites for hydroxylation is 1. The summed E-state index contributed by atoms with van der Waals surface area (Å²) in [7, 11) is 0. The normalized spacial score (nSPS) is 10.8. The molecule has 1 amide bonds. The molecule has 23 heavy (non-hydrogen) atoms. The van der Waals surface area contributed by atoms with Gasteiger partial charge in [-0.3, -0.25) is 14.2 Å². The topological polar surface area (TPSA) is 77.1 Å². The molecule has 0 spiro atoms. The van der Waals surface area contributed by atoms with Gasteiger partial charge in [-0.25, -0.2) is 4.98 Å². The highest BCUT2D eigenvalue weighted by Gasteiger charge is 2.11. The molecular weight excluding hydrogens is 294 g/mol. The molecular formula is C17H17N3O3. The van der Waals surface area contributed by atoms with Gasteiger partial charge in [0.2, 0.25) is 0 Å². The van der Waals surface area contributed by atoms with Crippen molar-refractivity contribution in [2.45, 2.75) is 19.9 Å². The largest absolute Gasteiger partial charge is 0.451 e. The van der Waals surface area contributed by atoms with E-state index in [4.69, 9.17) is 4.42 Å². The molecule has 1 aromatic carbocycles. The second-order valence-corrected chi connectivity index (χ2v) is 5.17. The van der Waals surface area contributed by atoms with E-state index in [1.54, 1.807) is 6.07 Å².